The molecule has 2 aromatic heterocycles. The summed E-state index contributed by atoms with van der Waals surface area (Å²) in [4.78, 5) is 29.1. The van der Waals surface area contributed by atoms with Crippen LogP contribution in [0.4, 0.5) is 0 Å². The number of hydrogen-bond donors (Lipinski definition) is 0. The monoisotopic (exact) mass is 446 g/mol. The molecule has 3 heterocycles. The first-order chi connectivity index (χ1) is 15.5. The third kappa shape index (κ3) is 3.86. The highest BCUT2D eigenvalue weighted by atomic mass is 35.5. The molecule has 32 heavy (non-hydrogen) atoms. The molecule has 1 aliphatic heterocycles. The molecule has 1 aliphatic rings. The van der Waals surface area contributed by atoms with Crippen LogP contribution in [0.1, 0.15) is 47.5 Å². The fraction of sp³-hybridized carbons (Fsp3) is 0.280. The first-order valence-electron chi connectivity index (χ1n) is 10.7. The lowest BCUT2D eigenvalue weighted by Crippen LogP contribution is -2.45. The number of hydrogen-bond acceptors (Lipinski definition) is 5. The molecule has 1 amide bonds. The zero-order valence-electron chi connectivity index (χ0n) is 18.0. The molecule has 1 unspecified atom stereocenters. The van der Waals surface area contributed by atoms with Crippen molar-refractivity contribution in [3.8, 4) is 11.4 Å². The number of nitrogens with zero attached hydrogens (tertiary/aromatic N) is 4. The lowest BCUT2D eigenvalue weighted by Gasteiger charge is -2.37. The lowest BCUT2D eigenvalue weighted by molar-refractivity contribution is 0.0598. The zero-order valence-corrected chi connectivity index (χ0v) is 18.7. The van der Waals surface area contributed by atoms with E-state index >= 15 is 0 Å². The standard InChI is InChI=1S/C25H23ClN4O2/c1-15-4-8-19(23-27-10-3-11-28-23)20(12-15)25(31)30-14-17(6-5-16(30)2)24-29-21-13-18(26)7-9-22(21)32-24/h3-4,7-13,16-17H,5-6,14H2,1-2H3/t16-,17?/m1/s1. The van der Waals surface area contributed by atoms with Crippen molar-refractivity contribution in [3.63, 3.8) is 0 Å². The van der Waals surface area contributed by atoms with Crippen molar-refractivity contribution < 1.29 is 9.21 Å². The first-order valence-corrected chi connectivity index (χ1v) is 11.1. The molecule has 0 spiro atoms. The molecule has 1 fully saturated rings. The van der Waals surface area contributed by atoms with Gasteiger partial charge in [0.15, 0.2) is 17.3 Å². The van der Waals surface area contributed by atoms with E-state index in [2.05, 4.69) is 21.9 Å². The normalized spacial score (nSPS) is 18.8. The first kappa shape index (κ1) is 20.6. The molecular weight excluding hydrogens is 424 g/mol. The Kier molecular flexibility index (Phi) is 5.39. The summed E-state index contributed by atoms with van der Waals surface area (Å²) in [6.07, 6.45) is 5.16. The van der Waals surface area contributed by atoms with Crippen LogP contribution in [-0.2, 0) is 0 Å². The maximum Gasteiger partial charge on any atom is 0.254 e. The van der Waals surface area contributed by atoms with Crippen molar-refractivity contribution in [3.05, 3.63) is 76.9 Å². The van der Waals surface area contributed by atoms with Gasteiger partial charge in [-0.15, -0.1) is 0 Å². The van der Waals surface area contributed by atoms with Crippen LogP contribution < -0.4 is 0 Å². The molecule has 4 aromatic rings. The Morgan fingerprint density at radius 1 is 1.12 bits per heavy atom. The van der Waals surface area contributed by atoms with Crippen molar-refractivity contribution in [2.45, 2.75) is 38.6 Å². The predicted molar refractivity (Wildman–Crippen MR) is 124 cm³/mol. The predicted octanol–water partition coefficient (Wildman–Crippen LogP) is 5.65. The maximum absolute atomic E-state index is 13.8. The Morgan fingerprint density at radius 3 is 2.75 bits per heavy atom. The number of piperidine rings is 1. The highest BCUT2D eigenvalue weighted by molar-refractivity contribution is 6.31. The summed E-state index contributed by atoms with van der Waals surface area (Å²) < 4.78 is 6.02. The van der Waals surface area contributed by atoms with Crippen LogP contribution in [-0.4, -0.2) is 38.3 Å². The minimum atomic E-state index is -0.0208. The summed E-state index contributed by atoms with van der Waals surface area (Å²) in [5, 5.41) is 0.626. The van der Waals surface area contributed by atoms with Gasteiger partial charge in [0.25, 0.3) is 5.91 Å². The number of fused-ring (bicyclic) bond motifs is 1. The van der Waals surface area contributed by atoms with E-state index in [0.717, 1.165) is 29.5 Å². The number of amides is 1. The Balaban J connectivity index is 1.47. The molecule has 0 aliphatic carbocycles. The largest absolute Gasteiger partial charge is 0.440 e. The van der Waals surface area contributed by atoms with E-state index in [1.807, 2.05) is 36.1 Å². The fourth-order valence-corrected chi connectivity index (χ4v) is 4.47. The lowest BCUT2D eigenvalue weighted by atomic mass is 9.92. The molecule has 6 nitrogen and oxygen atoms in total. The van der Waals surface area contributed by atoms with Crippen LogP contribution in [0.25, 0.3) is 22.5 Å². The number of halogens is 1. The Labute approximate surface area is 191 Å². The molecule has 7 heteroatoms. The van der Waals surface area contributed by atoms with Crippen LogP contribution in [0.5, 0.6) is 0 Å². The van der Waals surface area contributed by atoms with Gasteiger partial charge in [-0.3, -0.25) is 4.79 Å². The average molecular weight is 447 g/mol. The maximum atomic E-state index is 13.8. The van der Waals surface area contributed by atoms with Gasteiger partial charge >= 0.3 is 0 Å². The summed E-state index contributed by atoms with van der Waals surface area (Å²) in [6, 6.07) is 13.1. The summed E-state index contributed by atoms with van der Waals surface area (Å²) >= 11 is 6.10. The minimum absolute atomic E-state index is 0.0208. The van der Waals surface area contributed by atoms with Gasteiger partial charge in [-0.05, 0) is 57.0 Å². The Bertz CT molecular complexity index is 1290. The SMILES string of the molecule is Cc1ccc(-c2ncccn2)c(C(=O)N2CC(c3nc4cc(Cl)ccc4o3)CC[C@H]2C)c1. The van der Waals surface area contributed by atoms with E-state index < -0.39 is 0 Å². The molecule has 5 rings (SSSR count). The van der Waals surface area contributed by atoms with Gasteiger partial charge < -0.3 is 9.32 Å². The number of carbonyl (C=O) groups is 1. The van der Waals surface area contributed by atoms with Gasteiger partial charge in [0.1, 0.15) is 5.52 Å². The fourth-order valence-electron chi connectivity index (χ4n) is 4.31. The Hall–Kier alpha value is -3.25. The number of oxazole rings is 1. The molecule has 2 aromatic carbocycles. The molecule has 1 saturated heterocycles. The summed E-state index contributed by atoms with van der Waals surface area (Å²) in [6.45, 7) is 4.62. The number of aromatic nitrogens is 3. The summed E-state index contributed by atoms with van der Waals surface area (Å²) in [5.74, 6) is 1.21. The number of carbonyl (C=O) groups excluding carboxylic acids is 1. The number of aryl methyl sites for hydroxylation is 1. The smallest absolute Gasteiger partial charge is 0.254 e. The highest BCUT2D eigenvalue weighted by Crippen LogP contribution is 2.34. The molecule has 0 bridgehead atoms. The molecule has 2 atom stereocenters. The van der Waals surface area contributed by atoms with Crippen molar-refractivity contribution in [2.24, 2.45) is 0 Å². The van der Waals surface area contributed by atoms with E-state index in [0.29, 0.717) is 34.4 Å². The van der Waals surface area contributed by atoms with Gasteiger partial charge in [0, 0.05) is 35.6 Å². The third-order valence-corrected chi connectivity index (χ3v) is 6.31. The topological polar surface area (TPSA) is 72.1 Å². The molecular formula is C25H23ClN4O2. The molecule has 162 valence electrons. The van der Waals surface area contributed by atoms with E-state index in [9.17, 15) is 4.79 Å². The quantitative estimate of drug-likeness (QED) is 0.406. The van der Waals surface area contributed by atoms with Crippen LogP contribution >= 0.6 is 11.6 Å². The van der Waals surface area contributed by atoms with Gasteiger partial charge in [-0.1, -0.05) is 29.3 Å². The van der Waals surface area contributed by atoms with Gasteiger partial charge in [0.2, 0.25) is 0 Å². The number of likely N-dealkylation sites (tertiary alicyclic amines) is 1. The third-order valence-electron chi connectivity index (χ3n) is 6.07. The van der Waals surface area contributed by atoms with Crippen LogP contribution in [0.2, 0.25) is 5.02 Å². The second kappa shape index (κ2) is 8.36. The van der Waals surface area contributed by atoms with Crippen molar-refractivity contribution in [2.75, 3.05) is 6.54 Å². The second-order valence-corrected chi connectivity index (χ2v) is 8.80. The van der Waals surface area contributed by atoms with Crippen molar-refractivity contribution >= 4 is 28.6 Å². The summed E-state index contributed by atoms with van der Waals surface area (Å²) in [7, 11) is 0. The van der Waals surface area contributed by atoms with Crippen LogP contribution in [0.3, 0.4) is 0 Å². The minimum Gasteiger partial charge on any atom is -0.440 e. The Morgan fingerprint density at radius 2 is 1.94 bits per heavy atom. The van der Waals surface area contributed by atoms with E-state index in [1.54, 1.807) is 30.6 Å². The van der Waals surface area contributed by atoms with E-state index in [4.69, 9.17) is 16.0 Å². The number of benzene rings is 2. The number of rotatable bonds is 3. The zero-order chi connectivity index (χ0) is 22.2. The second-order valence-electron chi connectivity index (χ2n) is 8.37. The van der Waals surface area contributed by atoms with Crippen molar-refractivity contribution in [1.82, 2.24) is 19.9 Å². The average Bonchev–Trinajstić information content (AvgIpc) is 3.22. The summed E-state index contributed by atoms with van der Waals surface area (Å²) in [5.41, 5.74) is 3.83. The van der Waals surface area contributed by atoms with E-state index in [-0.39, 0.29) is 17.9 Å². The van der Waals surface area contributed by atoms with Crippen LogP contribution in [0, 0.1) is 6.92 Å². The molecule has 0 N–H and O–H groups in total. The molecule has 0 saturated carbocycles. The van der Waals surface area contributed by atoms with Crippen LogP contribution in [0.15, 0.2) is 59.3 Å². The van der Waals surface area contributed by atoms with Gasteiger partial charge in [-0.2, -0.15) is 0 Å². The highest BCUT2D eigenvalue weighted by Gasteiger charge is 2.34. The van der Waals surface area contributed by atoms with E-state index in [1.165, 1.54) is 0 Å². The molecule has 0 radical (unpaired) electrons. The van der Waals surface area contributed by atoms with Crippen molar-refractivity contribution in [1.29, 1.82) is 0 Å². The van der Waals surface area contributed by atoms with Gasteiger partial charge in [-0.25, -0.2) is 15.0 Å². The van der Waals surface area contributed by atoms with Gasteiger partial charge in [0.05, 0.1) is 11.5 Å².